The van der Waals surface area contributed by atoms with E-state index < -0.39 is 5.60 Å². The highest BCUT2D eigenvalue weighted by Crippen LogP contribution is 2.45. The second kappa shape index (κ2) is 8.58. The minimum atomic E-state index is -0.891. The molecule has 3 aromatic rings. The molecule has 2 aromatic carbocycles. The summed E-state index contributed by atoms with van der Waals surface area (Å²) in [6.07, 6.45) is 4.61. The third-order valence-corrected chi connectivity index (χ3v) is 7.37. The van der Waals surface area contributed by atoms with Crippen molar-refractivity contribution in [1.29, 1.82) is 0 Å². The van der Waals surface area contributed by atoms with Crippen LogP contribution in [0.1, 0.15) is 37.9 Å². The predicted octanol–water partition coefficient (Wildman–Crippen LogP) is 3.76. The Balaban J connectivity index is 1.15. The Bertz CT molecular complexity index is 1050. The zero-order chi connectivity index (χ0) is 22.1. The van der Waals surface area contributed by atoms with E-state index >= 15 is 0 Å². The molecule has 0 unspecified atom stereocenters. The molecule has 32 heavy (non-hydrogen) atoms. The molecule has 168 valence electrons. The van der Waals surface area contributed by atoms with E-state index in [1.54, 1.807) is 4.90 Å². The Morgan fingerprint density at radius 1 is 1.19 bits per heavy atom. The number of piperidine rings is 2. The van der Waals surface area contributed by atoms with E-state index in [2.05, 4.69) is 39.1 Å². The van der Waals surface area contributed by atoms with E-state index in [0.29, 0.717) is 19.0 Å². The van der Waals surface area contributed by atoms with Crippen molar-refractivity contribution in [3.63, 3.8) is 0 Å². The van der Waals surface area contributed by atoms with Gasteiger partial charge in [0.25, 0.3) is 0 Å². The van der Waals surface area contributed by atoms with Gasteiger partial charge >= 0.3 is 0 Å². The molecule has 2 saturated heterocycles. The topological polar surface area (TPSA) is 72.5 Å². The largest absolute Gasteiger partial charge is 0.389 e. The maximum Gasteiger partial charge on any atom is 0.225 e. The molecular formula is C26H32N4O2. The number of nitrogens with zero attached hydrogens (tertiary/aromatic N) is 3. The maximum atomic E-state index is 13.0. The second-order valence-corrected chi connectivity index (χ2v) is 9.52. The van der Waals surface area contributed by atoms with Crippen molar-refractivity contribution in [2.75, 3.05) is 25.0 Å². The van der Waals surface area contributed by atoms with Crippen molar-refractivity contribution in [2.24, 2.45) is 5.92 Å². The number of fused-ring (bicyclic) bond motifs is 4. The van der Waals surface area contributed by atoms with Crippen molar-refractivity contribution in [3.8, 4) is 0 Å². The number of carbonyl (C=O) groups excluding carboxylic acids is 1. The predicted molar refractivity (Wildman–Crippen MR) is 127 cm³/mol. The third-order valence-electron chi connectivity index (χ3n) is 7.37. The van der Waals surface area contributed by atoms with Crippen LogP contribution in [-0.4, -0.2) is 57.7 Å². The lowest BCUT2D eigenvalue weighted by molar-refractivity contribution is -0.142. The number of H-pyrrole nitrogens is 1. The number of rotatable bonds is 7. The fraction of sp³-hybridized carbons (Fsp3) is 0.462. The van der Waals surface area contributed by atoms with Crippen LogP contribution >= 0.6 is 0 Å². The van der Waals surface area contributed by atoms with Gasteiger partial charge in [-0.05, 0) is 49.9 Å². The molecule has 3 atom stereocenters. The summed E-state index contributed by atoms with van der Waals surface area (Å²) in [5.41, 5.74) is 2.36. The van der Waals surface area contributed by atoms with Crippen LogP contribution in [0.15, 0.2) is 54.6 Å². The first-order valence-electron chi connectivity index (χ1n) is 11.7. The lowest BCUT2D eigenvalue weighted by Gasteiger charge is -2.54. The third kappa shape index (κ3) is 4.11. The Kier molecular flexibility index (Phi) is 5.64. The fourth-order valence-corrected chi connectivity index (χ4v) is 5.53. The van der Waals surface area contributed by atoms with Crippen LogP contribution < -0.4 is 4.90 Å². The monoisotopic (exact) mass is 432 g/mol. The molecule has 6 nitrogen and oxygen atoms in total. The minimum Gasteiger partial charge on any atom is -0.389 e. The van der Waals surface area contributed by atoms with Gasteiger partial charge in [0, 0.05) is 44.2 Å². The van der Waals surface area contributed by atoms with Crippen molar-refractivity contribution in [3.05, 3.63) is 60.4 Å². The molecule has 3 aliphatic rings. The highest BCUT2D eigenvalue weighted by atomic mass is 16.3. The van der Waals surface area contributed by atoms with E-state index in [1.807, 2.05) is 37.4 Å². The van der Waals surface area contributed by atoms with Crippen molar-refractivity contribution < 1.29 is 9.90 Å². The number of aryl methyl sites for hydroxylation is 1. The molecule has 1 amide bonds. The number of aromatic nitrogens is 2. The number of aromatic amines is 1. The molecule has 3 heterocycles. The van der Waals surface area contributed by atoms with Gasteiger partial charge in [-0.2, -0.15) is 0 Å². The van der Waals surface area contributed by atoms with Crippen LogP contribution in [0.2, 0.25) is 0 Å². The number of amides is 1. The summed E-state index contributed by atoms with van der Waals surface area (Å²) in [5, 5.41) is 11.4. The molecule has 1 aliphatic carbocycles. The van der Waals surface area contributed by atoms with Crippen molar-refractivity contribution in [2.45, 2.75) is 50.2 Å². The molecule has 2 N–H and O–H groups in total. The van der Waals surface area contributed by atoms with E-state index in [9.17, 15) is 9.90 Å². The summed E-state index contributed by atoms with van der Waals surface area (Å²) in [6.45, 7) is 1.49. The lowest BCUT2D eigenvalue weighted by Crippen LogP contribution is -2.61. The summed E-state index contributed by atoms with van der Waals surface area (Å²) in [6, 6.07) is 18.8. The summed E-state index contributed by atoms with van der Waals surface area (Å²) >= 11 is 0. The number of nitrogens with one attached hydrogen (secondary N) is 1. The summed E-state index contributed by atoms with van der Waals surface area (Å²) in [7, 11) is 1.85. The molecule has 2 bridgehead atoms. The van der Waals surface area contributed by atoms with E-state index in [-0.39, 0.29) is 18.2 Å². The average Bonchev–Trinajstić information content (AvgIpc) is 3.22. The Labute approximate surface area is 189 Å². The molecule has 2 aliphatic heterocycles. The zero-order valence-corrected chi connectivity index (χ0v) is 18.7. The van der Waals surface area contributed by atoms with Crippen LogP contribution in [0.4, 0.5) is 5.69 Å². The Morgan fingerprint density at radius 2 is 1.97 bits per heavy atom. The lowest BCUT2D eigenvalue weighted by atomic mass is 9.67. The van der Waals surface area contributed by atoms with Gasteiger partial charge < -0.3 is 19.9 Å². The number of anilines is 1. The number of carbonyl (C=O) groups is 1. The number of imidazole rings is 1. The van der Waals surface area contributed by atoms with E-state index in [1.165, 1.54) is 5.69 Å². The quantitative estimate of drug-likeness (QED) is 0.596. The van der Waals surface area contributed by atoms with Gasteiger partial charge in [-0.15, -0.1) is 0 Å². The molecule has 6 heteroatoms. The maximum absolute atomic E-state index is 13.0. The second-order valence-electron chi connectivity index (χ2n) is 9.52. The van der Waals surface area contributed by atoms with Crippen molar-refractivity contribution in [1.82, 2.24) is 14.9 Å². The first-order chi connectivity index (χ1) is 15.5. The zero-order valence-electron chi connectivity index (χ0n) is 18.7. The van der Waals surface area contributed by atoms with Gasteiger partial charge in [0.1, 0.15) is 5.82 Å². The number of benzene rings is 2. The highest BCUT2D eigenvalue weighted by molar-refractivity contribution is 5.77. The van der Waals surface area contributed by atoms with Crippen LogP contribution in [0.5, 0.6) is 0 Å². The Morgan fingerprint density at radius 3 is 2.72 bits per heavy atom. The first-order valence-corrected chi connectivity index (χ1v) is 11.7. The van der Waals surface area contributed by atoms with Gasteiger partial charge in [-0.25, -0.2) is 4.98 Å². The van der Waals surface area contributed by atoms with E-state index in [0.717, 1.165) is 49.1 Å². The molecule has 3 fully saturated rings. The van der Waals surface area contributed by atoms with Crippen LogP contribution in [0.25, 0.3) is 11.0 Å². The molecular weight excluding hydrogens is 400 g/mol. The molecule has 6 rings (SSSR count). The number of hydrogen-bond acceptors (Lipinski definition) is 4. The van der Waals surface area contributed by atoms with Crippen LogP contribution in [0.3, 0.4) is 0 Å². The number of hydrogen-bond donors (Lipinski definition) is 2. The van der Waals surface area contributed by atoms with Gasteiger partial charge in [-0.3, -0.25) is 4.79 Å². The summed E-state index contributed by atoms with van der Waals surface area (Å²) in [4.78, 5) is 25.1. The molecule has 1 aromatic heterocycles. The SMILES string of the molecule is CN(CCCc1nc2ccccc2[nH]1)C(=O)C[C@]1(O)C[C@@H]2CC[C@H]1CN2c1ccccc1. The van der Waals surface area contributed by atoms with Gasteiger partial charge in [0.05, 0.1) is 23.1 Å². The molecule has 0 radical (unpaired) electrons. The summed E-state index contributed by atoms with van der Waals surface area (Å²) in [5.74, 6) is 1.13. The number of para-hydroxylation sites is 3. The standard InChI is InChI=1S/C26H32N4O2/c1-29(15-7-12-24-27-22-10-5-6-11-23(22)28-24)25(31)17-26(32)16-21-14-13-19(26)18-30(21)20-8-3-2-4-9-20/h2-6,8-11,19,21,32H,7,12-18H2,1H3,(H,27,28)/t19-,21-,26+/m0/s1. The molecule has 1 saturated carbocycles. The van der Waals surface area contributed by atoms with Gasteiger partial charge in [-0.1, -0.05) is 30.3 Å². The van der Waals surface area contributed by atoms with Crippen LogP contribution in [-0.2, 0) is 11.2 Å². The van der Waals surface area contributed by atoms with Gasteiger partial charge in [0.2, 0.25) is 5.91 Å². The van der Waals surface area contributed by atoms with Gasteiger partial charge in [0.15, 0.2) is 0 Å². The Hall–Kier alpha value is -2.86. The average molecular weight is 433 g/mol. The number of aliphatic hydroxyl groups is 1. The smallest absolute Gasteiger partial charge is 0.225 e. The minimum absolute atomic E-state index is 0.0379. The highest BCUT2D eigenvalue weighted by Gasteiger charge is 2.50. The normalized spacial score (nSPS) is 24.8. The van der Waals surface area contributed by atoms with Crippen molar-refractivity contribution >= 4 is 22.6 Å². The fourth-order valence-electron chi connectivity index (χ4n) is 5.53. The molecule has 0 spiro atoms. The van der Waals surface area contributed by atoms with E-state index in [4.69, 9.17) is 0 Å². The van der Waals surface area contributed by atoms with Crippen LogP contribution in [0, 0.1) is 5.92 Å². The first kappa shape index (κ1) is 21.0. The summed E-state index contributed by atoms with van der Waals surface area (Å²) < 4.78 is 0.